The Bertz CT molecular complexity index is 762. The van der Waals surface area contributed by atoms with Gasteiger partial charge in [-0.3, -0.25) is 0 Å². The molecule has 0 aliphatic rings. The molecule has 0 heterocycles. The van der Waals surface area contributed by atoms with Crippen molar-refractivity contribution in [3.63, 3.8) is 0 Å². The Morgan fingerprint density at radius 2 is 1.23 bits per heavy atom. The monoisotopic (exact) mass is 286 g/mol. The van der Waals surface area contributed by atoms with Crippen LogP contribution in [0.15, 0.2) is 66.7 Å². The summed E-state index contributed by atoms with van der Waals surface area (Å²) >= 11 is 0. The van der Waals surface area contributed by atoms with Crippen molar-refractivity contribution in [1.29, 1.82) is 0 Å². The molecule has 0 unspecified atom stereocenters. The van der Waals surface area contributed by atoms with E-state index in [1.54, 1.807) is 0 Å². The first-order valence-electron chi connectivity index (χ1n) is 7.94. The van der Waals surface area contributed by atoms with Gasteiger partial charge in [-0.05, 0) is 59.7 Å². The molecule has 3 aromatic carbocycles. The van der Waals surface area contributed by atoms with Crippen LogP contribution in [0.2, 0.25) is 0 Å². The highest BCUT2D eigenvalue weighted by molar-refractivity contribution is 5.75. The number of hydrogen-bond donors (Lipinski definition) is 0. The first-order chi connectivity index (χ1) is 10.7. The Labute approximate surface area is 133 Å². The van der Waals surface area contributed by atoms with Crippen LogP contribution >= 0.6 is 0 Å². The zero-order valence-electron chi connectivity index (χ0n) is 13.6. The molecule has 0 fully saturated rings. The quantitative estimate of drug-likeness (QED) is 0.537. The second-order valence-electron chi connectivity index (χ2n) is 5.95. The normalized spacial score (nSPS) is 10.7. The Balaban J connectivity index is 2.03. The molecule has 0 heteroatoms. The van der Waals surface area contributed by atoms with Crippen LogP contribution in [0.25, 0.3) is 22.3 Å². The maximum atomic E-state index is 2.31. The molecule has 0 radical (unpaired) electrons. The van der Waals surface area contributed by atoms with Gasteiger partial charge in [-0.1, -0.05) is 73.2 Å². The summed E-state index contributed by atoms with van der Waals surface area (Å²) in [6.07, 6.45) is 1.09. The molecule has 0 saturated heterocycles. The fraction of sp³-hybridized carbons (Fsp3) is 0.182. The van der Waals surface area contributed by atoms with Crippen LogP contribution in [0.1, 0.15) is 23.6 Å². The zero-order valence-corrected chi connectivity index (χ0v) is 13.6. The van der Waals surface area contributed by atoms with E-state index >= 15 is 0 Å². The van der Waals surface area contributed by atoms with Crippen molar-refractivity contribution in [2.24, 2.45) is 0 Å². The van der Waals surface area contributed by atoms with E-state index in [0.29, 0.717) is 0 Å². The second kappa shape index (κ2) is 6.19. The fourth-order valence-electron chi connectivity index (χ4n) is 2.78. The maximum Gasteiger partial charge on any atom is -0.0149 e. The molecule has 0 bridgehead atoms. The van der Waals surface area contributed by atoms with Crippen LogP contribution in [0.3, 0.4) is 0 Å². The molecule has 0 aromatic heterocycles. The smallest absolute Gasteiger partial charge is 0.0149 e. The Morgan fingerprint density at radius 3 is 1.86 bits per heavy atom. The minimum absolute atomic E-state index is 1.09. The van der Waals surface area contributed by atoms with E-state index in [0.717, 1.165) is 6.42 Å². The molecule has 3 rings (SSSR count). The molecule has 0 N–H and O–H groups in total. The summed E-state index contributed by atoms with van der Waals surface area (Å²) in [6, 6.07) is 24.4. The minimum atomic E-state index is 1.09. The van der Waals surface area contributed by atoms with Gasteiger partial charge in [-0.15, -0.1) is 0 Å². The van der Waals surface area contributed by atoms with E-state index in [2.05, 4.69) is 87.5 Å². The van der Waals surface area contributed by atoms with Crippen molar-refractivity contribution in [2.45, 2.75) is 27.2 Å². The lowest BCUT2D eigenvalue weighted by molar-refractivity contribution is 1.14. The van der Waals surface area contributed by atoms with Crippen molar-refractivity contribution in [2.75, 3.05) is 0 Å². The molecule has 0 amide bonds. The summed E-state index contributed by atoms with van der Waals surface area (Å²) in [5.41, 5.74) is 9.17. The van der Waals surface area contributed by atoms with Crippen LogP contribution in [0.5, 0.6) is 0 Å². The third-order valence-corrected chi connectivity index (χ3v) is 4.30. The minimum Gasteiger partial charge on any atom is -0.0613 e. The fourth-order valence-corrected chi connectivity index (χ4v) is 2.78. The second-order valence-corrected chi connectivity index (χ2v) is 5.95. The average Bonchev–Trinajstić information content (AvgIpc) is 2.56. The standard InChI is InChI=1S/C22H22/c1-4-18-8-13-19(14-9-18)21-12-7-17(3)22(15-21)20-10-5-16(2)6-11-20/h5-15H,4H2,1-3H3. The van der Waals surface area contributed by atoms with Gasteiger partial charge in [0.2, 0.25) is 0 Å². The van der Waals surface area contributed by atoms with Gasteiger partial charge in [0.25, 0.3) is 0 Å². The lowest BCUT2D eigenvalue weighted by atomic mass is 9.94. The van der Waals surface area contributed by atoms with Gasteiger partial charge >= 0.3 is 0 Å². The molecule has 0 spiro atoms. The average molecular weight is 286 g/mol. The van der Waals surface area contributed by atoms with Gasteiger partial charge in [-0.25, -0.2) is 0 Å². The molecule has 22 heavy (non-hydrogen) atoms. The summed E-state index contributed by atoms with van der Waals surface area (Å²) in [7, 11) is 0. The molecular formula is C22H22. The molecular weight excluding hydrogens is 264 g/mol. The van der Waals surface area contributed by atoms with Crippen molar-refractivity contribution in [3.05, 3.63) is 83.4 Å². The van der Waals surface area contributed by atoms with Crippen LogP contribution < -0.4 is 0 Å². The highest BCUT2D eigenvalue weighted by atomic mass is 14.1. The van der Waals surface area contributed by atoms with Crippen LogP contribution in [-0.2, 0) is 6.42 Å². The number of rotatable bonds is 3. The molecule has 0 atom stereocenters. The molecule has 3 aromatic rings. The summed E-state index contributed by atoms with van der Waals surface area (Å²) in [6.45, 7) is 6.50. The topological polar surface area (TPSA) is 0 Å². The predicted octanol–water partition coefficient (Wildman–Crippen LogP) is 6.20. The Morgan fingerprint density at radius 1 is 0.636 bits per heavy atom. The van der Waals surface area contributed by atoms with Gasteiger partial charge in [0, 0.05) is 0 Å². The molecule has 0 saturated carbocycles. The van der Waals surface area contributed by atoms with Gasteiger partial charge < -0.3 is 0 Å². The third-order valence-electron chi connectivity index (χ3n) is 4.30. The lowest BCUT2D eigenvalue weighted by Gasteiger charge is -2.10. The largest absolute Gasteiger partial charge is 0.0613 e. The highest BCUT2D eigenvalue weighted by Gasteiger charge is 2.05. The molecule has 110 valence electrons. The lowest BCUT2D eigenvalue weighted by Crippen LogP contribution is -1.87. The van der Waals surface area contributed by atoms with E-state index in [-0.39, 0.29) is 0 Å². The summed E-state index contributed by atoms with van der Waals surface area (Å²) in [5, 5.41) is 0. The number of hydrogen-bond acceptors (Lipinski definition) is 0. The van der Waals surface area contributed by atoms with Gasteiger partial charge in [-0.2, -0.15) is 0 Å². The van der Waals surface area contributed by atoms with Crippen molar-refractivity contribution in [3.8, 4) is 22.3 Å². The highest BCUT2D eigenvalue weighted by Crippen LogP contribution is 2.29. The van der Waals surface area contributed by atoms with E-state index in [9.17, 15) is 0 Å². The van der Waals surface area contributed by atoms with Gasteiger partial charge in [0.15, 0.2) is 0 Å². The van der Waals surface area contributed by atoms with Crippen molar-refractivity contribution in [1.82, 2.24) is 0 Å². The summed E-state index contributed by atoms with van der Waals surface area (Å²) in [4.78, 5) is 0. The van der Waals surface area contributed by atoms with Gasteiger partial charge in [0.1, 0.15) is 0 Å². The van der Waals surface area contributed by atoms with Crippen LogP contribution in [-0.4, -0.2) is 0 Å². The van der Waals surface area contributed by atoms with Gasteiger partial charge in [0.05, 0.1) is 0 Å². The molecule has 0 nitrogen and oxygen atoms in total. The number of benzene rings is 3. The molecule has 0 aliphatic carbocycles. The van der Waals surface area contributed by atoms with Crippen LogP contribution in [0.4, 0.5) is 0 Å². The SMILES string of the molecule is CCc1ccc(-c2ccc(C)c(-c3ccc(C)cc3)c2)cc1. The third kappa shape index (κ3) is 2.96. The van der Waals surface area contributed by atoms with E-state index in [1.807, 2.05) is 0 Å². The van der Waals surface area contributed by atoms with E-state index in [4.69, 9.17) is 0 Å². The van der Waals surface area contributed by atoms with E-state index in [1.165, 1.54) is 38.9 Å². The molecule has 0 aliphatic heterocycles. The van der Waals surface area contributed by atoms with E-state index < -0.39 is 0 Å². The number of aryl methyl sites for hydroxylation is 3. The van der Waals surface area contributed by atoms with Crippen molar-refractivity contribution >= 4 is 0 Å². The van der Waals surface area contributed by atoms with Crippen molar-refractivity contribution < 1.29 is 0 Å². The first-order valence-corrected chi connectivity index (χ1v) is 7.94. The van der Waals surface area contributed by atoms with Crippen LogP contribution in [0, 0.1) is 13.8 Å². The first kappa shape index (κ1) is 14.6. The zero-order chi connectivity index (χ0) is 15.5. The summed E-state index contributed by atoms with van der Waals surface area (Å²) in [5.74, 6) is 0. The predicted molar refractivity (Wildman–Crippen MR) is 96.2 cm³/mol. The maximum absolute atomic E-state index is 2.31. The summed E-state index contributed by atoms with van der Waals surface area (Å²) < 4.78 is 0. The Kier molecular flexibility index (Phi) is 4.11. The Hall–Kier alpha value is -2.34.